The van der Waals surface area contributed by atoms with Crippen molar-refractivity contribution in [1.29, 1.82) is 0 Å². The van der Waals surface area contributed by atoms with E-state index in [4.69, 9.17) is 4.74 Å². The van der Waals surface area contributed by atoms with Crippen LogP contribution in [-0.4, -0.2) is 12.5 Å². The van der Waals surface area contributed by atoms with E-state index >= 15 is 0 Å². The van der Waals surface area contributed by atoms with Crippen LogP contribution >= 0.6 is 0 Å². The van der Waals surface area contributed by atoms with Gasteiger partial charge in [-0.1, -0.05) is 36.4 Å². The number of allylic oxidation sites excluding steroid dienone is 2. The molecule has 1 aromatic carbocycles. The lowest BCUT2D eigenvalue weighted by atomic mass is 10.1. The molecule has 0 aromatic heterocycles. The second-order valence-corrected chi connectivity index (χ2v) is 4.01. The van der Waals surface area contributed by atoms with E-state index in [0.717, 1.165) is 11.6 Å². The van der Waals surface area contributed by atoms with Crippen molar-refractivity contribution in [3.63, 3.8) is 0 Å². The maximum Gasteiger partial charge on any atom is 0.271 e. The van der Waals surface area contributed by atoms with Gasteiger partial charge in [-0.05, 0) is 18.1 Å². The summed E-state index contributed by atoms with van der Waals surface area (Å²) < 4.78 is 31.7. The lowest BCUT2D eigenvalue weighted by molar-refractivity contribution is -0.0424. The largest absolute Gasteiger partial charge is 0.376 e. The highest BCUT2D eigenvalue weighted by Gasteiger charge is 2.39. The average molecular weight is 224 g/mol. The second kappa shape index (κ2) is 4.74. The van der Waals surface area contributed by atoms with Gasteiger partial charge in [-0.25, -0.2) is 8.78 Å². The van der Waals surface area contributed by atoms with Crippen molar-refractivity contribution in [3.8, 4) is 0 Å². The van der Waals surface area contributed by atoms with Gasteiger partial charge in [0.05, 0.1) is 19.1 Å². The number of halogens is 2. The van der Waals surface area contributed by atoms with Gasteiger partial charge in [-0.2, -0.15) is 0 Å². The molecule has 2 rings (SSSR count). The van der Waals surface area contributed by atoms with E-state index in [1.807, 2.05) is 30.3 Å². The van der Waals surface area contributed by atoms with Gasteiger partial charge in [-0.15, -0.1) is 0 Å². The first-order valence-electron chi connectivity index (χ1n) is 5.35. The predicted octanol–water partition coefficient (Wildman–Crippen LogP) is 3.41. The van der Waals surface area contributed by atoms with Crippen LogP contribution in [0.25, 0.3) is 0 Å². The summed E-state index contributed by atoms with van der Waals surface area (Å²) in [5.41, 5.74) is 1.01. The van der Waals surface area contributed by atoms with Crippen LogP contribution in [0.2, 0.25) is 0 Å². The highest BCUT2D eigenvalue weighted by atomic mass is 19.3. The molecule has 86 valence electrons. The number of hydrogen-bond acceptors (Lipinski definition) is 1. The van der Waals surface area contributed by atoms with E-state index < -0.39 is 11.8 Å². The molecule has 0 N–H and O–H groups in total. The first-order chi connectivity index (χ1) is 7.68. The summed E-state index contributed by atoms with van der Waals surface area (Å²) in [6.45, 7) is 0.502. The zero-order valence-electron chi connectivity index (χ0n) is 8.90. The van der Waals surface area contributed by atoms with Crippen molar-refractivity contribution in [2.24, 2.45) is 5.92 Å². The molecule has 0 saturated carbocycles. The molecule has 1 nitrogen and oxygen atoms in total. The average Bonchev–Trinajstić information content (AvgIpc) is 2.60. The predicted molar refractivity (Wildman–Crippen MR) is 58.3 cm³/mol. The van der Waals surface area contributed by atoms with Crippen molar-refractivity contribution in [3.05, 3.63) is 48.0 Å². The summed E-state index contributed by atoms with van der Waals surface area (Å²) in [5.74, 6) is -3.40. The molecule has 0 saturated heterocycles. The van der Waals surface area contributed by atoms with Gasteiger partial charge in [0.2, 0.25) is 0 Å². The molecule has 0 radical (unpaired) electrons. The topological polar surface area (TPSA) is 9.23 Å². The van der Waals surface area contributed by atoms with Crippen LogP contribution in [0, 0.1) is 5.92 Å². The molecule has 1 atom stereocenters. The Morgan fingerprint density at radius 3 is 2.62 bits per heavy atom. The maximum atomic E-state index is 13.2. The highest BCUT2D eigenvalue weighted by Crippen LogP contribution is 2.34. The summed E-state index contributed by atoms with van der Waals surface area (Å²) in [6.07, 6.45) is 2.90. The van der Waals surface area contributed by atoms with E-state index in [-0.39, 0.29) is 6.61 Å². The Morgan fingerprint density at radius 2 is 2.00 bits per heavy atom. The summed E-state index contributed by atoms with van der Waals surface area (Å²) in [6, 6.07) is 9.57. The number of benzene rings is 1. The van der Waals surface area contributed by atoms with Crippen LogP contribution in [0.15, 0.2) is 42.5 Å². The van der Waals surface area contributed by atoms with Crippen molar-refractivity contribution in [2.75, 3.05) is 6.61 Å². The molecule has 1 aliphatic carbocycles. The lowest BCUT2D eigenvalue weighted by Crippen LogP contribution is -2.25. The molecular formula is C13H14F2O. The quantitative estimate of drug-likeness (QED) is 0.712. The van der Waals surface area contributed by atoms with E-state index in [0.29, 0.717) is 13.0 Å². The summed E-state index contributed by atoms with van der Waals surface area (Å²) in [5, 5.41) is 0. The third-order valence-corrected chi connectivity index (χ3v) is 2.74. The lowest BCUT2D eigenvalue weighted by Gasteiger charge is -2.18. The SMILES string of the molecule is FC1(F)C=CCC1COCc1ccccc1. The zero-order valence-corrected chi connectivity index (χ0v) is 8.90. The van der Waals surface area contributed by atoms with Gasteiger partial charge in [0.1, 0.15) is 0 Å². The monoisotopic (exact) mass is 224 g/mol. The Labute approximate surface area is 93.7 Å². The fourth-order valence-electron chi connectivity index (χ4n) is 1.76. The van der Waals surface area contributed by atoms with E-state index in [1.54, 1.807) is 0 Å². The minimum Gasteiger partial charge on any atom is -0.376 e. The third kappa shape index (κ3) is 2.67. The Hall–Kier alpha value is -1.22. The van der Waals surface area contributed by atoms with Gasteiger partial charge in [0, 0.05) is 0 Å². The van der Waals surface area contributed by atoms with Crippen molar-refractivity contribution in [1.82, 2.24) is 0 Å². The van der Waals surface area contributed by atoms with Crippen molar-refractivity contribution in [2.45, 2.75) is 19.0 Å². The Morgan fingerprint density at radius 1 is 1.25 bits per heavy atom. The van der Waals surface area contributed by atoms with Crippen LogP contribution < -0.4 is 0 Å². The fourth-order valence-corrected chi connectivity index (χ4v) is 1.76. The molecule has 0 amide bonds. The first kappa shape index (κ1) is 11.3. The van der Waals surface area contributed by atoms with Gasteiger partial charge < -0.3 is 4.74 Å². The van der Waals surface area contributed by atoms with Gasteiger partial charge >= 0.3 is 0 Å². The minimum atomic E-state index is -2.70. The van der Waals surface area contributed by atoms with Gasteiger partial charge in [0.15, 0.2) is 0 Å². The molecule has 0 spiro atoms. The zero-order chi connectivity index (χ0) is 11.4. The van der Waals surface area contributed by atoms with Crippen LogP contribution in [0.5, 0.6) is 0 Å². The smallest absolute Gasteiger partial charge is 0.271 e. The molecule has 0 bridgehead atoms. The van der Waals surface area contributed by atoms with E-state index in [1.165, 1.54) is 6.08 Å². The third-order valence-electron chi connectivity index (χ3n) is 2.74. The van der Waals surface area contributed by atoms with E-state index in [2.05, 4.69) is 0 Å². The molecule has 3 heteroatoms. The molecule has 1 aromatic rings. The van der Waals surface area contributed by atoms with Crippen LogP contribution in [0.3, 0.4) is 0 Å². The number of rotatable bonds is 4. The highest BCUT2D eigenvalue weighted by molar-refractivity contribution is 5.13. The molecule has 1 unspecified atom stereocenters. The van der Waals surface area contributed by atoms with Gasteiger partial charge in [0.25, 0.3) is 5.92 Å². The normalized spacial score (nSPS) is 22.5. The summed E-state index contributed by atoms with van der Waals surface area (Å²) in [4.78, 5) is 0. The number of alkyl halides is 2. The molecular weight excluding hydrogens is 210 g/mol. The van der Waals surface area contributed by atoms with Gasteiger partial charge in [-0.3, -0.25) is 0 Å². The van der Waals surface area contributed by atoms with E-state index in [9.17, 15) is 8.78 Å². The molecule has 0 heterocycles. The standard InChI is InChI=1S/C13H14F2O/c14-13(15)8-4-7-12(13)10-16-9-11-5-2-1-3-6-11/h1-6,8,12H,7,9-10H2. The fraction of sp³-hybridized carbons (Fsp3) is 0.385. The van der Waals surface area contributed by atoms with Crippen molar-refractivity contribution >= 4 is 0 Å². The number of hydrogen-bond donors (Lipinski definition) is 0. The maximum absolute atomic E-state index is 13.2. The minimum absolute atomic E-state index is 0.106. The number of ether oxygens (including phenoxy) is 1. The Bertz CT molecular complexity index is 359. The van der Waals surface area contributed by atoms with Crippen LogP contribution in [0.4, 0.5) is 8.78 Å². The van der Waals surface area contributed by atoms with Crippen LogP contribution in [0.1, 0.15) is 12.0 Å². The molecule has 16 heavy (non-hydrogen) atoms. The Kier molecular flexibility index (Phi) is 3.34. The second-order valence-electron chi connectivity index (χ2n) is 4.01. The molecule has 0 aliphatic heterocycles. The first-order valence-corrected chi connectivity index (χ1v) is 5.35. The summed E-state index contributed by atoms with van der Waals surface area (Å²) in [7, 11) is 0. The molecule has 1 aliphatic rings. The molecule has 0 fully saturated rings. The van der Waals surface area contributed by atoms with Crippen LogP contribution in [-0.2, 0) is 11.3 Å². The summed E-state index contributed by atoms with van der Waals surface area (Å²) >= 11 is 0. The Balaban J connectivity index is 1.77. The van der Waals surface area contributed by atoms with Crippen molar-refractivity contribution < 1.29 is 13.5 Å².